The molecule has 1 aromatic heterocycles. The number of aromatic nitrogens is 2. The molecule has 0 radical (unpaired) electrons. The zero-order valence-corrected chi connectivity index (χ0v) is 19.0. The van der Waals surface area contributed by atoms with Gasteiger partial charge in [-0.3, -0.25) is 9.69 Å². The molecular weight excluding hydrogens is 400 g/mol. The number of piperazine rings is 1. The molecule has 32 heavy (non-hydrogen) atoms. The Bertz CT molecular complexity index is 998. The van der Waals surface area contributed by atoms with Gasteiger partial charge < -0.3 is 14.6 Å². The molecule has 1 unspecified atom stereocenters. The third-order valence-electron chi connectivity index (χ3n) is 6.59. The molecule has 1 fully saturated rings. The first kappa shape index (κ1) is 22.1. The monoisotopic (exact) mass is 432 g/mol. The lowest BCUT2D eigenvalue weighted by molar-refractivity contribution is -0.147. The molecule has 1 aliphatic rings. The SMILES string of the molecule is COC(=O)C(C)(CCCN1CCN(c2cccc(-c3cnc[nH]3)c2)CC1)c1ccccc1. The number of hydrogen-bond donors (Lipinski definition) is 1. The highest BCUT2D eigenvalue weighted by molar-refractivity contribution is 5.82. The standard InChI is InChI=1S/C26H32N4O2/c1-26(25(31)32-2,22-9-4-3-5-10-22)12-7-13-29-14-16-30(17-15-29)23-11-6-8-21(18-23)24-19-27-20-28-24/h3-6,8-11,18-20H,7,12-17H2,1-2H3,(H,27,28). The molecule has 3 aromatic rings. The van der Waals surface area contributed by atoms with Gasteiger partial charge in [-0.1, -0.05) is 42.5 Å². The number of hydrogen-bond acceptors (Lipinski definition) is 5. The number of carbonyl (C=O) groups excluding carboxylic acids is 1. The summed E-state index contributed by atoms with van der Waals surface area (Å²) in [6.45, 7) is 7.03. The molecule has 1 aliphatic heterocycles. The molecule has 1 atom stereocenters. The third kappa shape index (κ3) is 4.86. The minimum atomic E-state index is -0.606. The molecule has 4 rings (SSSR count). The number of nitrogens with zero attached hydrogens (tertiary/aromatic N) is 3. The highest BCUT2D eigenvalue weighted by Crippen LogP contribution is 2.31. The number of anilines is 1. The zero-order valence-electron chi connectivity index (χ0n) is 19.0. The van der Waals surface area contributed by atoms with Crippen LogP contribution in [0.1, 0.15) is 25.3 Å². The van der Waals surface area contributed by atoms with E-state index in [9.17, 15) is 4.79 Å². The maximum atomic E-state index is 12.6. The molecule has 0 spiro atoms. The third-order valence-corrected chi connectivity index (χ3v) is 6.59. The smallest absolute Gasteiger partial charge is 0.315 e. The molecule has 0 saturated carbocycles. The summed E-state index contributed by atoms with van der Waals surface area (Å²) >= 11 is 0. The number of nitrogens with one attached hydrogen (secondary N) is 1. The minimum Gasteiger partial charge on any atom is -0.468 e. The van der Waals surface area contributed by atoms with E-state index in [0.29, 0.717) is 0 Å². The van der Waals surface area contributed by atoms with Gasteiger partial charge in [0.25, 0.3) is 0 Å². The molecule has 1 saturated heterocycles. The maximum absolute atomic E-state index is 12.6. The van der Waals surface area contributed by atoms with Crippen LogP contribution in [0.15, 0.2) is 67.1 Å². The Labute approximate surface area is 190 Å². The zero-order chi connectivity index (χ0) is 22.4. The predicted molar refractivity (Wildman–Crippen MR) is 128 cm³/mol. The molecule has 2 heterocycles. The minimum absolute atomic E-state index is 0.161. The van der Waals surface area contributed by atoms with Crippen LogP contribution in [0.25, 0.3) is 11.3 Å². The van der Waals surface area contributed by atoms with Crippen molar-refractivity contribution < 1.29 is 9.53 Å². The summed E-state index contributed by atoms with van der Waals surface area (Å²) in [6, 6.07) is 18.6. The van der Waals surface area contributed by atoms with E-state index in [-0.39, 0.29) is 5.97 Å². The van der Waals surface area contributed by atoms with Crippen molar-refractivity contribution in [1.29, 1.82) is 0 Å². The van der Waals surface area contributed by atoms with Crippen LogP contribution >= 0.6 is 0 Å². The van der Waals surface area contributed by atoms with Crippen molar-refractivity contribution in [3.8, 4) is 11.3 Å². The number of carbonyl (C=O) groups is 1. The first-order chi connectivity index (χ1) is 15.6. The van der Waals surface area contributed by atoms with Crippen LogP contribution < -0.4 is 4.90 Å². The van der Waals surface area contributed by atoms with E-state index in [4.69, 9.17) is 4.74 Å². The van der Waals surface area contributed by atoms with E-state index in [1.807, 2.05) is 43.5 Å². The summed E-state index contributed by atoms with van der Waals surface area (Å²) in [5.41, 5.74) is 3.86. The molecule has 6 heteroatoms. The molecule has 0 bridgehead atoms. The number of ether oxygens (including phenoxy) is 1. The van der Waals surface area contributed by atoms with Crippen molar-refractivity contribution in [3.05, 3.63) is 72.7 Å². The Morgan fingerprint density at radius 1 is 1.09 bits per heavy atom. The van der Waals surface area contributed by atoms with Crippen LogP contribution in [-0.4, -0.2) is 60.7 Å². The Kier molecular flexibility index (Phi) is 6.90. The lowest BCUT2D eigenvalue weighted by atomic mass is 9.78. The van der Waals surface area contributed by atoms with Crippen molar-refractivity contribution in [1.82, 2.24) is 14.9 Å². The van der Waals surface area contributed by atoms with E-state index in [2.05, 4.69) is 44.0 Å². The van der Waals surface area contributed by atoms with Gasteiger partial charge in [0.15, 0.2) is 0 Å². The second kappa shape index (κ2) is 10.0. The lowest BCUT2D eigenvalue weighted by Crippen LogP contribution is -2.47. The second-order valence-corrected chi connectivity index (χ2v) is 8.64. The first-order valence-corrected chi connectivity index (χ1v) is 11.3. The van der Waals surface area contributed by atoms with E-state index >= 15 is 0 Å². The summed E-state index contributed by atoms with van der Waals surface area (Å²) in [6.07, 6.45) is 5.30. The summed E-state index contributed by atoms with van der Waals surface area (Å²) < 4.78 is 5.15. The van der Waals surface area contributed by atoms with Crippen LogP contribution in [-0.2, 0) is 14.9 Å². The molecule has 6 nitrogen and oxygen atoms in total. The summed E-state index contributed by atoms with van der Waals surface area (Å²) in [4.78, 5) is 24.8. The van der Waals surface area contributed by atoms with Gasteiger partial charge in [0.1, 0.15) is 0 Å². The number of esters is 1. The number of rotatable bonds is 8. The van der Waals surface area contributed by atoms with Crippen molar-refractivity contribution in [3.63, 3.8) is 0 Å². The maximum Gasteiger partial charge on any atom is 0.315 e. The van der Waals surface area contributed by atoms with Crippen molar-refractivity contribution in [2.75, 3.05) is 44.7 Å². The number of benzene rings is 2. The molecule has 2 aromatic carbocycles. The van der Waals surface area contributed by atoms with Crippen LogP contribution in [0.3, 0.4) is 0 Å². The quantitative estimate of drug-likeness (QED) is 0.543. The number of methoxy groups -OCH3 is 1. The second-order valence-electron chi connectivity index (χ2n) is 8.64. The van der Waals surface area contributed by atoms with Gasteiger partial charge in [0.05, 0.1) is 30.7 Å². The van der Waals surface area contributed by atoms with Gasteiger partial charge in [-0.2, -0.15) is 0 Å². The van der Waals surface area contributed by atoms with E-state index in [1.54, 1.807) is 6.33 Å². The van der Waals surface area contributed by atoms with Crippen molar-refractivity contribution in [2.45, 2.75) is 25.2 Å². The molecular formula is C26H32N4O2. The van der Waals surface area contributed by atoms with Gasteiger partial charge in [-0.15, -0.1) is 0 Å². The predicted octanol–water partition coefficient (Wildman–Crippen LogP) is 4.11. The molecule has 0 amide bonds. The molecule has 168 valence electrons. The fraction of sp³-hybridized carbons (Fsp3) is 0.385. The largest absolute Gasteiger partial charge is 0.468 e. The van der Waals surface area contributed by atoms with Crippen LogP contribution in [0.5, 0.6) is 0 Å². The van der Waals surface area contributed by atoms with Crippen molar-refractivity contribution in [2.24, 2.45) is 0 Å². The Balaban J connectivity index is 1.31. The summed E-state index contributed by atoms with van der Waals surface area (Å²) in [5.74, 6) is -0.161. The summed E-state index contributed by atoms with van der Waals surface area (Å²) in [7, 11) is 1.48. The van der Waals surface area contributed by atoms with Gasteiger partial charge >= 0.3 is 5.97 Å². The normalized spacial score (nSPS) is 16.5. The fourth-order valence-electron chi connectivity index (χ4n) is 4.57. The average molecular weight is 433 g/mol. The highest BCUT2D eigenvalue weighted by Gasteiger charge is 2.36. The van der Waals surface area contributed by atoms with Gasteiger partial charge in [0.2, 0.25) is 0 Å². The Morgan fingerprint density at radius 3 is 2.56 bits per heavy atom. The van der Waals surface area contributed by atoms with Gasteiger partial charge in [-0.25, -0.2) is 4.98 Å². The van der Waals surface area contributed by atoms with Gasteiger partial charge in [0, 0.05) is 37.4 Å². The van der Waals surface area contributed by atoms with Crippen LogP contribution in [0.2, 0.25) is 0 Å². The lowest BCUT2D eigenvalue weighted by Gasteiger charge is -2.37. The van der Waals surface area contributed by atoms with Crippen molar-refractivity contribution >= 4 is 11.7 Å². The van der Waals surface area contributed by atoms with E-state index in [0.717, 1.165) is 62.4 Å². The van der Waals surface area contributed by atoms with E-state index in [1.165, 1.54) is 12.8 Å². The molecule has 0 aliphatic carbocycles. The van der Waals surface area contributed by atoms with E-state index < -0.39 is 5.41 Å². The highest BCUT2D eigenvalue weighted by atomic mass is 16.5. The average Bonchev–Trinajstić information content (AvgIpc) is 3.40. The Hall–Kier alpha value is -3.12. The topological polar surface area (TPSA) is 61.5 Å². The van der Waals surface area contributed by atoms with Gasteiger partial charge in [-0.05, 0) is 44.0 Å². The number of H-pyrrole nitrogens is 1. The van der Waals surface area contributed by atoms with Crippen LogP contribution in [0.4, 0.5) is 5.69 Å². The first-order valence-electron chi connectivity index (χ1n) is 11.3. The van der Waals surface area contributed by atoms with Crippen LogP contribution in [0, 0.1) is 0 Å². The number of imidazole rings is 1. The summed E-state index contributed by atoms with van der Waals surface area (Å²) in [5, 5.41) is 0. The molecule has 1 N–H and O–H groups in total. The number of aromatic amines is 1. The Morgan fingerprint density at radius 2 is 1.88 bits per heavy atom. The fourth-order valence-corrected chi connectivity index (χ4v) is 4.57.